The van der Waals surface area contributed by atoms with Crippen molar-refractivity contribution in [1.82, 2.24) is 9.97 Å². The molecule has 92 valence electrons. The third-order valence-corrected chi connectivity index (χ3v) is 3.90. The lowest BCUT2D eigenvalue weighted by Gasteiger charge is -2.11. The first-order chi connectivity index (χ1) is 8.73. The molecule has 2 aromatic rings. The van der Waals surface area contributed by atoms with Crippen LogP contribution in [0.2, 0.25) is 0 Å². The SMILES string of the molecule is OCC1(c2nccc(-c3cccc(Br)c3)n2)CC1. The molecular weight excluding hydrogens is 292 g/mol. The van der Waals surface area contributed by atoms with Crippen LogP contribution in [0.25, 0.3) is 11.3 Å². The van der Waals surface area contributed by atoms with Gasteiger partial charge in [-0.2, -0.15) is 0 Å². The van der Waals surface area contributed by atoms with Crippen LogP contribution >= 0.6 is 15.9 Å². The van der Waals surface area contributed by atoms with Crippen molar-refractivity contribution in [3.63, 3.8) is 0 Å². The molecule has 0 atom stereocenters. The minimum atomic E-state index is -0.179. The number of halogens is 1. The van der Waals surface area contributed by atoms with Gasteiger partial charge in [-0.05, 0) is 31.0 Å². The van der Waals surface area contributed by atoms with Crippen molar-refractivity contribution in [3.8, 4) is 11.3 Å². The highest BCUT2D eigenvalue weighted by Crippen LogP contribution is 2.46. The Morgan fingerprint density at radius 3 is 2.78 bits per heavy atom. The Balaban J connectivity index is 2.01. The molecule has 1 aromatic carbocycles. The molecule has 1 aromatic heterocycles. The van der Waals surface area contributed by atoms with E-state index in [1.165, 1.54) is 0 Å². The summed E-state index contributed by atoms with van der Waals surface area (Å²) in [4.78, 5) is 8.91. The molecule has 0 saturated heterocycles. The highest BCUT2D eigenvalue weighted by atomic mass is 79.9. The summed E-state index contributed by atoms with van der Waals surface area (Å²) in [6.07, 6.45) is 3.73. The van der Waals surface area contributed by atoms with Crippen LogP contribution in [0.4, 0.5) is 0 Å². The van der Waals surface area contributed by atoms with Crippen molar-refractivity contribution in [2.75, 3.05) is 6.61 Å². The summed E-state index contributed by atoms with van der Waals surface area (Å²) >= 11 is 3.46. The van der Waals surface area contributed by atoms with Crippen LogP contribution in [-0.4, -0.2) is 21.7 Å². The van der Waals surface area contributed by atoms with Gasteiger partial charge >= 0.3 is 0 Å². The minimum Gasteiger partial charge on any atom is -0.395 e. The standard InChI is InChI=1S/C14H13BrN2O/c15-11-3-1-2-10(8-11)12-4-7-16-13(17-12)14(9-18)5-6-14/h1-4,7-8,18H,5-6,9H2. The topological polar surface area (TPSA) is 46.0 Å². The van der Waals surface area contributed by atoms with Gasteiger partial charge in [-0.1, -0.05) is 28.1 Å². The van der Waals surface area contributed by atoms with Crippen molar-refractivity contribution in [2.45, 2.75) is 18.3 Å². The lowest BCUT2D eigenvalue weighted by atomic mass is 10.1. The fourth-order valence-corrected chi connectivity index (χ4v) is 2.43. The maximum atomic E-state index is 9.43. The van der Waals surface area contributed by atoms with Gasteiger partial charge in [0.2, 0.25) is 0 Å². The number of aliphatic hydroxyl groups is 1. The minimum absolute atomic E-state index is 0.134. The van der Waals surface area contributed by atoms with Crippen LogP contribution < -0.4 is 0 Å². The van der Waals surface area contributed by atoms with Crippen LogP contribution in [0.15, 0.2) is 41.0 Å². The first-order valence-electron chi connectivity index (χ1n) is 5.94. The molecule has 3 rings (SSSR count). The van der Waals surface area contributed by atoms with E-state index in [2.05, 4.69) is 25.9 Å². The van der Waals surface area contributed by atoms with E-state index in [0.29, 0.717) is 0 Å². The van der Waals surface area contributed by atoms with Gasteiger partial charge in [0.05, 0.1) is 17.7 Å². The Hall–Kier alpha value is -1.26. The summed E-state index contributed by atoms with van der Waals surface area (Å²) < 4.78 is 1.03. The lowest BCUT2D eigenvalue weighted by Crippen LogP contribution is -2.16. The molecule has 1 aliphatic carbocycles. The van der Waals surface area contributed by atoms with Crippen LogP contribution in [0.5, 0.6) is 0 Å². The Morgan fingerprint density at radius 2 is 2.11 bits per heavy atom. The highest BCUT2D eigenvalue weighted by molar-refractivity contribution is 9.10. The van der Waals surface area contributed by atoms with E-state index in [-0.39, 0.29) is 12.0 Å². The quantitative estimate of drug-likeness (QED) is 0.948. The van der Waals surface area contributed by atoms with E-state index < -0.39 is 0 Å². The second-order valence-electron chi connectivity index (χ2n) is 4.71. The van der Waals surface area contributed by atoms with Gasteiger partial charge in [-0.15, -0.1) is 0 Å². The van der Waals surface area contributed by atoms with Crippen molar-refractivity contribution in [1.29, 1.82) is 0 Å². The maximum absolute atomic E-state index is 9.43. The first-order valence-corrected chi connectivity index (χ1v) is 6.73. The zero-order valence-electron chi connectivity index (χ0n) is 9.81. The van der Waals surface area contributed by atoms with E-state index in [9.17, 15) is 5.11 Å². The summed E-state index contributed by atoms with van der Waals surface area (Å²) in [7, 11) is 0. The summed E-state index contributed by atoms with van der Waals surface area (Å²) in [6, 6.07) is 9.93. The Kier molecular flexibility index (Phi) is 2.92. The Labute approximate surface area is 114 Å². The number of hydrogen-bond donors (Lipinski definition) is 1. The highest BCUT2D eigenvalue weighted by Gasteiger charge is 2.46. The van der Waals surface area contributed by atoms with Gasteiger partial charge in [0.1, 0.15) is 5.82 Å². The monoisotopic (exact) mass is 304 g/mol. The van der Waals surface area contributed by atoms with Gasteiger partial charge in [0.15, 0.2) is 0 Å². The van der Waals surface area contributed by atoms with E-state index in [1.807, 2.05) is 30.3 Å². The first kappa shape index (κ1) is 11.8. The zero-order valence-corrected chi connectivity index (χ0v) is 11.4. The molecule has 1 N–H and O–H groups in total. The largest absolute Gasteiger partial charge is 0.395 e. The predicted molar refractivity (Wildman–Crippen MR) is 73.2 cm³/mol. The molecule has 1 saturated carbocycles. The molecule has 0 unspecified atom stereocenters. The van der Waals surface area contributed by atoms with Crippen LogP contribution in [0.1, 0.15) is 18.7 Å². The summed E-state index contributed by atoms with van der Waals surface area (Å²) in [5.41, 5.74) is 1.78. The van der Waals surface area contributed by atoms with Crippen LogP contribution in [0.3, 0.4) is 0 Å². The second-order valence-corrected chi connectivity index (χ2v) is 5.63. The van der Waals surface area contributed by atoms with Gasteiger partial charge in [-0.25, -0.2) is 9.97 Å². The zero-order chi connectivity index (χ0) is 12.6. The van der Waals surface area contributed by atoms with Crippen molar-refractivity contribution in [3.05, 3.63) is 46.8 Å². The Morgan fingerprint density at radius 1 is 1.28 bits per heavy atom. The Bertz CT molecular complexity index is 582. The number of rotatable bonds is 3. The third kappa shape index (κ3) is 2.06. The predicted octanol–water partition coefficient (Wildman–Crippen LogP) is 2.93. The summed E-state index contributed by atoms with van der Waals surface area (Å²) in [5, 5.41) is 9.43. The fraction of sp³-hybridized carbons (Fsp3) is 0.286. The molecule has 18 heavy (non-hydrogen) atoms. The second kappa shape index (κ2) is 4.44. The average molecular weight is 305 g/mol. The van der Waals surface area contributed by atoms with Gasteiger partial charge < -0.3 is 5.11 Å². The number of nitrogens with zero attached hydrogens (tertiary/aromatic N) is 2. The molecule has 4 heteroatoms. The average Bonchev–Trinajstić information content (AvgIpc) is 3.20. The van der Waals surface area contributed by atoms with Gasteiger partial charge in [0.25, 0.3) is 0 Å². The molecule has 0 amide bonds. The molecule has 3 nitrogen and oxygen atoms in total. The molecule has 0 bridgehead atoms. The van der Waals surface area contributed by atoms with E-state index in [4.69, 9.17) is 0 Å². The molecule has 1 aliphatic rings. The summed E-state index contributed by atoms with van der Waals surface area (Å²) in [5.74, 6) is 0.766. The third-order valence-electron chi connectivity index (χ3n) is 3.41. The molecule has 1 heterocycles. The number of benzene rings is 1. The summed E-state index contributed by atoms with van der Waals surface area (Å²) in [6.45, 7) is 0.134. The van der Waals surface area contributed by atoms with Crippen molar-refractivity contribution >= 4 is 15.9 Å². The number of aromatic nitrogens is 2. The molecule has 0 aliphatic heterocycles. The molecular formula is C14H13BrN2O. The van der Waals surface area contributed by atoms with Crippen LogP contribution in [-0.2, 0) is 5.41 Å². The van der Waals surface area contributed by atoms with Gasteiger partial charge in [0, 0.05) is 16.2 Å². The molecule has 0 spiro atoms. The van der Waals surface area contributed by atoms with Crippen molar-refractivity contribution in [2.24, 2.45) is 0 Å². The molecule has 0 radical (unpaired) electrons. The maximum Gasteiger partial charge on any atom is 0.137 e. The van der Waals surface area contributed by atoms with E-state index >= 15 is 0 Å². The lowest BCUT2D eigenvalue weighted by molar-refractivity contribution is 0.250. The van der Waals surface area contributed by atoms with Gasteiger partial charge in [-0.3, -0.25) is 0 Å². The van der Waals surface area contributed by atoms with E-state index in [0.717, 1.165) is 34.4 Å². The van der Waals surface area contributed by atoms with E-state index in [1.54, 1.807) is 6.20 Å². The van der Waals surface area contributed by atoms with Crippen molar-refractivity contribution < 1.29 is 5.11 Å². The smallest absolute Gasteiger partial charge is 0.137 e. The fourth-order valence-electron chi connectivity index (χ4n) is 2.03. The number of aliphatic hydroxyl groups excluding tert-OH is 1. The molecule has 1 fully saturated rings. The number of hydrogen-bond acceptors (Lipinski definition) is 3. The van der Waals surface area contributed by atoms with Crippen LogP contribution in [0, 0.1) is 0 Å². The normalized spacial score (nSPS) is 16.6.